The summed E-state index contributed by atoms with van der Waals surface area (Å²) in [5.41, 5.74) is 1.18. The van der Waals surface area contributed by atoms with Crippen molar-refractivity contribution in [2.75, 3.05) is 13.1 Å². The van der Waals surface area contributed by atoms with E-state index in [0.717, 1.165) is 19.5 Å². The number of aromatic nitrogens is 1. The van der Waals surface area contributed by atoms with Crippen molar-refractivity contribution in [2.24, 2.45) is 5.92 Å². The monoisotopic (exact) mass is 288 g/mol. The normalized spacial score (nSPS) is 19.8. The van der Waals surface area contributed by atoms with E-state index in [1.54, 1.807) is 6.07 Å². The third-order valence-electron chi connectivity index (χ3n) is 3.59. The Kier molecular flexibility index (Phi) is 4.19. The Morgan fingerprint density at radius 2 is 2.00 bits per heavy atom. The van der Waals surface area contributed by atoms with Crippen LogP contribution in [-0.4, -0.2) is 18.1 Å². The van der Waals surface area contributed by atoms with E-state index in [-0.39, 0.29) is 6.10 Å². The summed E-state index contributed by atoms with van der Waals surface area (Å²) in [6.07, 6.45) is 1.12. The molecule has 0 radical (unpaired) electrons. The molecule has 1 fully saturated rings. The van der Waals surface area contributed by atoms with Gasteiger partial charge in [0.2, 0.25) is 5.88 Å². The maximum absolute atomic E-state index is 6.13. The molecule has 1 N–H and O–H groups in total. The zero-order valence-electron chi connectivity index (χ0n) is 11.1. The molecule has 1 saturated heterocycles. The van der Waals surface area contributed by atoms with Gasteiger partial charge in [0.05, 0.1) is 0 Å². The molecule has 2 aromatic rings. The molecule has 0 amide bonds. The van der Waals surface area contributed by atoms with Gasteiger partial charge in [-0.15, -0.1) is 0 Å². The van der Waals surface area contributed by atoms with Gasteiger partial charge in [0.15, 0.2) is 0 Å². The van der Waals surface area contributed by atoms with Gasteiger partial charge in [-0.3, -0.25) is 0 Å². The Labute approximate surface area is 123 Å². The van der Waals surface area contributed by atoms with Crippen LogP contribution < -0.4 is 10.1 Å². The van der Waals surface area contributed by atoms with Crippen molar-refractivity contribution in [3.05, 3.63) is 59.2 Å². The fourth-order valence-electron chi connectivity index (χ4n) is 2.60. The molecule has 4 heteroatoms. The largest absolute Gasteiger partial charge is 0.469 e. The van der Waals surface area contributed by atoms with Crippen molar-refractivity contribution >= 4 is 11.6 Å². The van der Waals surface area contributed by atoms with Crippen LogP contribution in [0.4, 0.5) is 0 Å². The van der Waals surface area contributed by atoms with E-state index in [2.05, 4.69) is 22.4 Å². The standard InChI is InChI=1S/C16H17ClN2O/c17-14-7-4-8-15(19-14)20-16(13-9-10-18-11-13)12-5-2-1-3-6-12/h1-8,13,16,18H,9-11H2/t13-,16?/m0/s1. The van der Waals surface area contributed by atoms with Crippen LogP contribution in [0.2, 0.25) is 5.15 Å². The summed E-state index contributed by atoms with van der Waals surface area (Å²) >= 11 is 5.93. The molecule has 1 aliphatic rings. The van der Waals surface area contributed by atoms with Crippen molar-refractivity contribution in [1.29, 1.82) is 0 Å². The summed E-state index contributed by atoms with van der Waals surface area (Å²) in [6.45, 7) is 2.01. The average Bonchev–Trinajstić information content (AvgIpc) is 3.00. The van der Waals surface area contributed by atoms with Crippen LogP contribution in [0.5, 0.6) is 5.88 Å². The lowest BCUT2D eigenvalue weighted by Crippen LogP contribution is -2.21. The summed E-state index contributed by atoms with van der Waals surface area (Å²) < 4.78 is 6.13. The molecule has 2 atom stereocenters. The van der Waals surface area contributed by atoms with E-state index < -0.39 is 0 Å². The molecule has 0 aliphatic carbocycles. The predicted octanol–water partition coefficient (Wildman–Crippen LogP) is 3.46. The van der Waals surface area contributed by atoms with E-state index in [1.807, 2.05) is 30.3 Å². The van der Waals surface area contributed by atoms with Crippen molar-refractivity contribution in [3.63, 3.8) is 0 Å². The highest BCUT2D eigenvalue weighted by atomic mass is 35.5. The van der Waals surface area contributed by atoms with Gasteiger partial charge in [0.1, 0.15) is 11.3 Å². The number of benzene rings is 1. The molecule has 2 heterocycles. The van der Waals surface area contributed by atoms with Crippen LogP contribution in [0.1, 0.15) is 18.1 Å². The number of pyridine rings is 1. The van der Waals surface area contributed by atoms with Crippen LogP contribution in [0, 0.1) is 5.92 Å². The first-order valence-electron chi connectivity index (χ1n) is 6.88. The molecule has 1 aromatic heterocycles. The van der Waals surface area contributed by atoms with Gasteiger partial charge in [-0.25, -0.2) is 4.98 Å². The second-order valence-corrected chi connectivity index (χ2v) is 5.39. The number of rotatable bonds is 4. The Balaban J connectivity index is 1.85. The molecule has 1 aliphatic heterocycles. The Hall–Kier alpha value is -1.58. The third-order valence-corrected chi connectivity index (χ3v) is 3.80. The van der Waals surface area contributed by atoms with Crippen LogP contribution in [0.3, 0.4) is 0 Å². The van der Waals surface area contributed by atoms with E-state index in [9.17, 15) is 0 Å². The van der Waals surface area contributed by atoms with Crippen LogP contribution in [0.15, 0.2) is 48.5 Å². The number of nitrogens with one attached hydrogen (secondary N) is 1. The van der Waals surface area contributed by atoms with Gasteiger partial charge < -0.3 is 10.1 Å². The number of hydrogen-bond donors (Lipinski definition) is 1. The van der Waals surface area contributed by atoms with Crippen LogP contribution in [-0.2, 0) is 0 Å². The predicted molar refractivity (Wildman–Crippen MR) is 80.0 cm³/mol. The van der Waals surface area contributed by atoms with Crippen LogP contribution in [0.25, 0.3) is 0 Å². The Morgan fingerprint density at radius 3 is 2.70 bits per heavy atom. The minimum atomic E-state index is 0.0113. The number of halogens is 1. The van der Waals surface area contributed by atoms with Gasteiger partial charge in [-0.05, 0) is 24.6 Å². The summed E-state index contributed by atoms with van der Waals surface area (Å²) in [4.78, 5) is 4.23. The topological polar surface area (TPSA) is 34.1 Å². The average molecular weight is 289 g/mol. The summed E-state index contributed by atoms with van der Waals surface area (Å²) in [6, 6.07) is 15.8. The molecule has 1 aromatic carbocycles. The third kappa shape index (κ3) is 3.11. The summed E-state index contributed by atoms with van der Waals surface area (Å²) in [5, 5.41) is 3.85. The van der Waals surface area contributed by atoms with Gasteiger partial charge >= 0.3 is 0 Å². The van der Waals surface area contributed by atoms with E-state index >= 15 is 0 Å². The van der Waals surface area contributed by atoms with Gasteiger partial charge in [0.25, 0.3) is 0 Å². The van der Waals surface area contributed by atoms with Crippen molar-refractivity contribution in [1.82, 2.24) is 10.3 Å². The first-order chi connectivity index (χ1) is 9.83. The molecule has 3 nitrogen and oxygen atoms in total. The fraction of sp³-hybridized carbons (Fsp3) is 0.312. The number of nitrogens with zero attached hydrogens (tertiary/aromatic N) is 1. The molecule has 3 rings (SSSR count). The molecule has 0 bridgehead atoms. The summed E-state index contributed by atoms with van der Waals surface area (Å²) in [5.74, 6) is 1.04. The highest BCUT2D eigenvalue weighted by Gasteiger charge is 2.28. The van der Waals surface area contributed by atoms with Crippen molar-refractivity contribution < 1.29 is 4.74 Å². The maximum Gasteiger partial charge on any atom is 0.215 e. The zero-order chi connectivity index (χ0) is 13.8. The lowest BCUT2D eigenvalue weighted by molar-refractivity contribution is 0.138. The first kappa shape index (κ1) is 13.4. The van der Waals surface area contributed by atoms with Crippen molar-refractivity contribution in [2.45, 2.75) is 12.5 Å². The van der Waals surface area contributed by atoms with E-state index in [4.69, 9.17) is 16.3 Å². The Bertz CT molecular complexity index is 555. The molecule has 20 heavy (non-hydrogen) atoms. The Morgan fingerprint density at radius 1 is 1.15 bits per heavy atom. The molecule has 0 spiro atoms. The van der Waals surface area contributed by atoms with E-state index in [1.165, 1.54) is 5.56 Å². The lowest BCUT2D eigenvalue weighted by Gasteiger charge is -2.24. The van der Waals surface area contributed by atoms with E-state index in [0.29, 0.717) is 17.0 Å². The minimum Gasteiger partial charge on any atom is -0.469 e. The second-order valence-electron chi connectivity index (χ2n) is 5.00. The molecule has 0 saturated carbocycles. The summed E-state index contributed by atoms with van der Waals surface area (Å²) in [7, 11) is 0. The highest BCUT2D eigenvalue weighted by Crippen LogP contribution is 2.31. The highest BCUT2D eigenvalue weighted by molar-refractivity contribution is 6.29. The zero-order valence-corrected chi connectivity index (χ0v) is 11.9. The van der Waals surface area contributed by atoms with Gasteiger partial charge in [-0.2, -0.15) is 0 Å². The fourth-order valence-corrected chi connectivity index (χ4v) is 2.76. The SMILES string of the molecule is Clc1cccc(OC(c2ccccc2)[C@H]2CCNC2)n1. The van der Waals surface area contributed by atoms with Gasteiger partial charge in [-0.1, -0.05) is 48.0 Å². The molecular formula is C16H17ClN2O. The quantitative estimate of drug-likeness (QED) is 0.875. The lowest BCUT2D eigenvalue weighted by atomic mass is 9.95. The smallest absolute Gasteiger partial charge is 0.215 e. The molecule has 1 unspecified atom stereocenters. The number of ether oxygens (including phenoxy) is 1. The maximum atomic E-state index is 6.13. The molecular weight excluding hydrogens is 272 g/mol. The minimum absolute atomic E-state index is 0.0113. The van der Waals surface area contributed by atoms with Gasteiger partial charge in [0, 0.05) is 18.5 Å². The first-order valence-corrected chi connectivity index (χ1v) is 7.25. The van der Waals surface area contributed by atoms with Crippen LogP contribution >= 0.6 is 11.6 Å². The van der Waals surface area contributed by atoms with Crippen molar-refractivity contribution in [3.8, 4) is 5.88 Å². The molecule has 104 valence electrons. The number of hydrogen-bond acceptors (Lipinski definition) is 3. The second kappa shape index (κ2) is 6.25.